The number of nitrogens with one attached hydrogen (secondary N) is 1. The van der Waals surface area contributed by atoms with Gasteiger partial charge in [0.2, 0.25) is 5.96 Å². The van der Waals surface area contributed by atoms with Gasteiger partial charge in [-0.2, -0.15) is 0 Å². The normalized spacial score (nSPS) is 20.5. The van der Waals surface area contributed by atoms with E-state index in [1.54, 1.807) is 0 Å². The predicted molar refractivity (Wildman–Crippen MR) is 67.3 cm³/mol. The molecule has 1 saturated heterocycles. The lowest BCUT2D eigenvalue weighted by Gasteiger charge is -2.33. The molecule has 1 aromatic carbocycles. The van der Waals surface area contributed by atoms with E-state index in [-0.39, 0.29) is 0 Å². The maximum Gasteiger partial charge on any atom is 0.217 e. The highest BCUT2D eigenvalue weighted by atomic mass is 15.2. The Labute approximate surface area is 96.3 Å². The molecule has 0 amide bonds. The molecular formula is C13H17N3. The Balaban J connectivity index is 2.07. The average molecular weight is 215 g/mol. The Hall–Kier alpha value is -1.64. The van der Waals surface area contributed by atoms with Crippen LogP contribution in [0.3, 0.4) is 0 Å². The van der Waals surface area contributed by atoms with Crippen LogP contribution in [0.2, 0.25) is 0 Å². The van der Waals surface area contributed by atoms with Crippen molar-refractivity contribution in [3.8, 4) is 0 Å². The Morgan fingerprint density at radius 2 is 2.12 bits per heavy atom. The summed E-state index contributed by atoms with van der Waals surface area (Å²) in [4.78, 5) is 5.71. The van der Waals surface area contributed by atoms with Crippen molar-refractivity contribution in [2.45, 2.75) is 18.8 Å². The van der Waals surface area contributed by atoms with Crippen LogP contribution in [0.15, 0.2) is 35.3 Å². The zero-order valence-electron chi connectivity index (χ0n) is 9.39. The largest absolute Gasteiger partial charge is 0.341 e. The molecule has 1 heterocycles. The third-order valence-electron chi connectivity index (χ3n) is 3.14. The van der Waals surface area contributed by atoms with Crippen LogP contribution in [-0.2, 0) is 0 Å². The molecule has 1 aliphatic rings. The van der Waals surface area contributed by atoms with Gasteiger partial charge in [0.1, 0.15) is 0 Å². The molecule has 1 N–H and O–H groups in total. The van der Waals surface area contributed by atoms with Gasteiger partial charge in [-0.05, 0) is 25.1 Å². The van der Waals surface area contributed by atoms with Crippen molar-refractivity contribution in [2.24, 2.45) is 4.99 Å². The molecular weight excluding hydrogens is 198 g/mol. The lowest BCUT2D eigenvalue weighted by atomic mass is 9.91. The number of nitrogens with zero attached hydrogens (tertiary/aromatic N) is 2. The van der Waals surface area contributed by atoms with Gasteiger partial charge in [-0.15, -0.1) is 0 Å². The molecule has 16 heavy (non-hydrogen) atoms. The molecule has 1 aromatic rings. The van der Waals surface area contributed by atoms with Gasteiger partial charge in [-0.3, -0.25) is 5.41 Å². The summed E-state index contributed by atoms with van der Waals surface area (Å²) >= 11 is 0. The Kier molecular flexibility index (Phi) is 3.34. The van der Waals surface area contributed by atoms with Crippen molar-refractivity contribution < 1.29 is 0 Å². The molecule has 1 atom stereocenters. The van der Waals surface area contributed by atoms with Crippen LogP contribution in [0.4, 0.5) is 0 Å². The van der Waals surface area contributed by atoms with E-state index in [0.29, 0.717) is 11.9 Å². The summed E-state index contributed by atoms with van der Waals surface area (Å²) in [5.41, 5.74) is 1.36. The molecule has 0 aliphatic carbocycles. The molecule has 3 heteroatoms. The van der Waals surface area contributed by atoms with Gasteiger partial charge in [0, 0.05) is 19.0 Å². The summed E-state index contributed by atoms with van der Waals surface area (Å²) in [6.07, 6.45) is 2.32. The molecule has 0 bridgehead atoms. The number of likely N-dealkylation sites (tertiary alicyclic amines) is 1. The number of piperidine rings is 1. The monoisotopic (exact) mass is 215 g/mol. The molecule has 1 unspecified atom stereocenters. The van der Waals surface area contributed by atoms with Crippen molar-refractivity contribution >= 4 is 12.7 Å². The molecule has 1 aliphatic heterocycles. The molecule has 1 fully saturated rings. The Bertz CT molecular complexity index is 372. The minimum atomic E-state index is 0.306. The molecule has 0 spiro atoms. The first kappa shape index (κ1) is 10.9. The Morgan fingerprint density at radius 1 is 1.38 bits per heavy atom. The summed E-state index contributed by atoms with van der Waals surface area (Å²) < 4.78 is 0. The third-order valence-corrected chi connectivity index (χ3v) is 3.14. The minimum absolute atomic E-state index is 0.306. The quantitative estimate of drug-likeness (QED) is 0.567. The van der Waals surface area contributed by atoms with Crippen molar-refractivity contribution in [3.05, 3.63) is 35.9 Å². The average Bonchev–Trinajstić information content (AvgIpc) is 2.39. The summed E-state index contributed by atoms with van der Waals surface area (Å²) in [7, 11) is 0. The molecule has 3 nitrogen and oxygen atoms in total. The third kappa shape index (κ3) is 2.30. The van der Waals surface area contributed by atoms with E-state index in [2.05, 4.69) is 36.0 Å². The molecule has 0 aromatic heterocycles. The summed E-state index contributed by atoms with van der Waals surface area (Å²) in [6.45, 7) is 5.24. The van der Waals surface area contributed by atoms with Crippen LogP contribution >= 0.6 is 0 Å². The van der Waals surface area contributed by atoms with Gasteiger partial charge >= 0.3 is 0 Å². The fourth-order valence-corrected chi connectivity index (χ4v) is 2.27. The van der Waals surface area contributed by atoms with Crippen LogP contribution in [0, 0.1) is 5.41 Å². The SMILES string of the molecule is C=NC(=N)N1CCCC(c2ccccc2)C1. The zero-order chi connectivity index (χ0) is 11.4. The number of hydrogen-bond donors (Lipinski definition) is 1. The lowest BCUT2D eigenvalue weighted by Crippen LogP contribution is -2.37. The van der Waals surface area contributed by atoms with Crippen molar-refractivity contribution in [1.82, 2.24) is 4.90 Å². The van der Waals surface area contributed by atoms with Crippen LogP contribution in [0.5, 0.6) is 0 Å². The van der Waals surface area contributed by atoms with Crippen LogP contribution in [0.1, 0.15) is 24.3 Å². The maximum absolute atomic E-state index is 7.68. The highest BCUT2D eigenvalue weighted by molar-refractivity contribution is 5.81. The van der Waals surface area contributed by atoms with Gasteiger partial charge in [0.25, 0.3) is 0 Å². The standard InChI is InChI=1S/C13H17N3/c1-15-13(14)16-9-5-8-12(10-16)11-6-3-2-4-7-11/h2-4,6-7,12,14H,1,5,8-10H2. The zero-order valence-corrected chi connectivity index (χ0v) is 9.39. The van der Waals surface area contributed by atoms with Gasteiger partial charge in [0.15, 0.2) is 0 Å². The van der Waals surface area contributed by atoms with E-state index >= 15 is 0 Å². The second-order valence-electron chi connectivity index (χ2n) is 4.18. The van der Waals surface area contributed by atoms with E-state index in [1.165, 1.54) is 12.0 Å². The van der Waals surface area contributed by atoms with Crippen LogP contribution in [-0.4, -0.2) is 30.7 Å². The topological polar surface area (TPSA) is 39.5 Å². The molecule has 84 valence electrons. The lowest BCUT2D eigenvalue weighted by molar-refractivity contribution is 0.305. The fourth-order valence-electron chi connectivity index (χ4n) is 2.27. The number of hydrogen-bond acceptors (Lipinski definition) is 1. The van der Waals surface area contributed by atoms with E-state index < -0.39 is 0 Å². The fraction of sp³-hybridized carbons (Fsp3) is 0.385. The van der Waals surface area contributed by atoms with Gasteiger partial charge < -0.3 is 4.90 Å². The Morgan fingerprint density at radius 3 is 2.81 bits per heavy atom. The number of aliphatic imine (C=N–C) groups is 1. The first-order chi connectivity index (χ1) is 7.81. The summed E-state index contributed by atoms with van der Waals surface area (Å²) in [5.74, 6) is 0.831. The van der Waals surface area contributed by atoms with E-state index in [9.17, 15) is 0 Å². The van der Waals surface area contributed by atoms with Gasteiger partial charge in [-0.25, -0.2) is 4.99 Å². The first-order valence-corrected chi connectivity index (χ1v) is 5.66. The van der Waals surface area contributed by atoms with Crippen LogP contribution in [0.25, 0.3) is 0 Å². The van der Waals surface area contributed by atoms with Crippen LogP contribution < -0.4 is 0 Å². The van der Waals surface area contributed by atoms with Crippen molar-refractivity contribution in [2.75, 3.05) is 13.1 Å². The van der Waals surface area contributed by atoms with E-state index in [4.69, 9.17) is 5.41 Å². The second-order valence-corrected chi connectivity index (χ2v) is 4.18. The van der Waals surface area contributed by atoms with Crippen molar-refractivity contribution in [1.29, 1.82) is 5.41 Å². The summed E-state index contributed by atoms with van der Waals surface area (Å²) in [5, 5.41) is 7.68. The highest BCUT2D eigenvalue weighted by Gasteiger charge is 2.22. The van der Waals surface area contributed by atoms with Gasteiger partial charge in [-0.1, -0.05) is 30.3 Å². The smallest absolute Gasteiger partial charge is 0.217 e. The van der Waals surface area contributed by atoms with E-state index in [0.717, 1.165) is 19.5 Å². The second kappa shape index (κ2) is 4.92. The molecule has 0 saturated carbocycles. The minimum Gasteiger partial charge on any atom is -0.341 e. The molecule has 2 rings (SSSR count). The number of benzene rings is 1. The van der Waals surface area contributed by atoms with Crippen molar-refractivity contribution in [3.63, 3.8) is 0 Å². The summed E-state index contributed by atoms with van der Waals surface area (Å²) in [6, 6.07) is 10.5. The first-order valence-electron chi connectivity index (χ1n) is 5.66. The van der Waals surface area contributed by atoms with E-state index in [1.807, 2.05) is 11.0 Å². The predicted octanol–water partition coefficient (Wildman–Crippen LogP) is 2.50. The van der Waals surface area contributed by atoms with Gasteiger partial charge in [0.05, 0.1) is 0 Å². The number of rotatable bonds is 1. The number of guanidine groups is 1. The highest BCUT2D eigenvalue weighted by Crippen LogP contribution is 2.26. The molecule has 0 radical (unpaired) electrons. The maximum atomic E-state index is 7.68.